The minimum Gasteiger partial charge on any atom is -0.379 e. The first-order valence-electron chi connectivity index (χ1n) is 7.87. The van der Waals surface area contributed by atoms with E-state index < -0.39 is 0 Å². The molecule has 0 amide bonds. The van der Waals surface area contributed by atoms with Crippen LogP contribution in [0, 0.1) is 0 Å². The van der Waals surface area contributed by atoms with Gasteiger partial charge >= 0.3 is 0 Å². The molecule has 2 rings (SSSR count). The van der Waals surface area contributed by atoms with E-state index in [1.54, 1.807) is 0 Å². The van der Waals surface area contributed by atoms with Gasteiger partial charge in [0.1, 0.15) is 0 Å². The topological polar surface area (TPSA) is 38.2 Å². The van der Waals surface area contributed by atoms with Gasteiger partial charge in [-0.2, -0.15) is 0 Å². The fraction of sp³-hybridized carbons (Fsp3) is 0.444. The molecule has 0 saturated heterocycles. The van der Waals surface area contributed by atoms with Crippen LogP contribution in [0.25, 0.3) is 0 Å². The van der Waals surface area contributed by atoms with Crippen molar-refractivity contribution >= 4 is 0 Å². The summed E-state index contributed by atoms with van der Waals surface area (Å²) in [6, 6.07) is 10.2. The molecule has 0 aliphatic rings. The van der Waals surface area contributed by atoms with Crippen molar-refractivity contribution in [1.82, 2.24) is 14.9 Å². The highest BCUT2D eigenvalue weighted by Crippen LogP contribution is 2.08. The van der Waals surface area contributed by atoms with Crippen LogP contribution in [0.4, 0.5) is 0 Å². The molecule has 4 heteroatoms. The van der Waals surface area contributed by atoms with Crippen LogP contribution in [0.3, 0.4) is 0 Å². The predicted octanol–water partition coefficient (Wildman–Crippen LogP) is 3.29. The maximum atomic E-state index is 5.64. The quantitative estimate of drug-likeness (QED) is 0.666. The molecule has 2 aromatic heterocycles. The summed E-state index contributed by atoms with van der Waals surface area (Å²) < 4.78 is 5.64. The Balaban J connectivity index is 1.91. The van der Waals surface area contributed by atoms with Crippen molar-refractivity contribution in [3.63, 3.8) is 0 Å². The summed E-state index contributed by atoms with van der Waals surface area (Å²) in [5.41, 5.74) is 2.32. The lowest BCUT2D eigenvalue weighted by molar-refractivity contribution is 0.0692. The third-order valence-corrected chi connectivity index (χ3v) is 3.31. The van der Waals surface area contributed by atoms with Gasteiger partial charge in [-0.15, -0.1) is 0 Å². The lowest BCUT2D eigenvalue weighted by atomic mass is 10.2. The molecule has 0 N–H and O–H groups in total. The van der Waals surface area contributed by atoms with E-state index in [2.05, 4.69) is 40.8 Å². The molecule has 0 radical (unpaired) electrons. The van der Waals surface area contributed by atoms with E-state index in [0.717, 1.165) is 38.4 Å². The number of aromatic nitrogens is 2. The van der Waals surface area contributed by atoms with Gasteiger partial charge in [0.2, 0.25) is 0 Å². The summed E-state index contributed by atoms with van der Waals surface area (Å²) in [6.07, 6.45) is 6.90. The van der Waals surface area contributed by atoms with Crippen LogP contribution in [0.2, 0.25) is 0 Å². The Morgan fingerprint density at radius 1 is 1.09 bits per heavy atom. The molecule has 22 heavy (non-hydrogen) atoms. The second-order valence-corrected chi connectivity index (χ2v) is 5.67. The molecule has 0 unspecified atom stereocenters. The van der Waals surface area contributed by atoms with Crippen molar-refractivity contribution in [3.8, 4) is 0 Å². The summed E-state index contributed by atoms with van der Waals surface area (Å²) in [6.45, 7) is 7.65. The van der Waals surface area contributed by atoms with Gasteiger partial charge in [0.05, 0.1) is 11.8 Å². The molecule has 2 heterocycles. The zero-order chi connectivity index (χ0) is 15.6. The average Bonchev–Trinajstić information content (AvgIpc) is 2.53. The second kappa shape index (κ2) is 9.28. The molecular weight excluding hydrogens is 274 g/mol. The Bertz CT molecular complexity index is 475. The molecule has 0 fully saturated rings. The minimum atomic E-state index is 0.294. The Kier molecular flexibility index (Phi) is 7.00. The molecule has 0 aliphatic carbocycles. The number of rotatable bonds is 9. The van der Waals surface area contributed by atoms with E-state index >= 15 is 0 Å². The predicted molar refractivity (Wildman–Crippen MR) is 88.3 cm³/mol. The fourth-order valence-corrected chi connectivity index (χ4v) is 2.29. The van der Waals surface area contributed by atoms with Crippen LogP contribution in [-0.4, -0.2) is 34.1 Å². The third-order valence-electron chi connectivity index (χ3n) is 3.31. The molecule has 118 valence electrons. The van der Waals surface area contributed by atoms with E-state index in [1.165, 1.54) is 5.56 Å². The van der Waals surface area contributed by atoms with Crippen molar-refractivity contribution in [2.24, 2.45) is 0 Å². The fourth-order valence-electron chi connectivity index (χ4n) is 2.29. The van der Waals surface area contributed by atoms with Gasteiger partial charge in [0, 0.05) is 44.8 Å². The highest BCUT2D eigenvalue weighted by molar-refractivity contribution is 5.09. The van der Waals surface area contributed by atoms with Gasteiger partial charge in [-0.1, -0.05) is 12.1 Å². The number of hydrogen-bond acceptors (Lipinski definition) is 4. The lowest BCUT2D eigenvalue weighted by Crippen LogP contribution is -2.25. The zero-order valence-electron chi connectivity index (χ0n) is 13.5. The van der Waals surface area contributed by atoms with Crippen molar-refractivity contribution < 1.29 is 4.74 Å². The normalized spacial score (nSPS) is 11.3. The van der Waals surface area contributed by atoms with Crippen molar-refractivity contribution in [3.05, 3.63) is 60.2 Å². The van der Waals surface area contributed by atoms with Gasteiger partial charge in [0.25, 0.3) is 0 Å². The van der Waals surface area contributed by atoms with Crippen molar-refractivity contribution in [2.75, 3.05) is 13.2 Å². The van der Waals surface area contributed by atoms with E-state index in [9.17, 15) is 0 Å². The first-order chi connectivity index (χ1) is 10.7. The van der Waals surface area contributed by atoms with Gasteiger partial charge in [-0.3, -0.25) is 14.9 Å². The highest BCUT2D eigenvalue weighted by Gasteiger charge is 2.08. The SMILES string of the molecule is CC(C)OCCCN(Cc1cccnc1)Cc1ccccn1. The molecule has 0 atom stereocenters. The number of nitrogens with zero attached hydrogens (tertiary/aromatic N) is 3. The van der Waals surface area contributed by atoms with Gasteiger partial charge in [-0.05, 0) is 44.0 Å². The summed E-state index contributed by atoms with van der Waals surface area (Å²) in [4.78, 5) is 11.0. The summed E-state index contributed by atoms with van der Waals surface area (Å²) in [5.74, 6) is 0. The summed E-state index contributed by atoms with van der Waals surface area (Å²) in [5, 5.41) is 0. The molecule has 4 nitrogen and oxygen atoms in total. The van der Waals surface area contributed by atoms with Crippen LogP contribution in [0.1, 0.15) is 31.5 Å². The Morgan fingerprint density at radius 2 is 2.00 bits per heavy atom. The lowest BCUT2D eigenvalue weighted by Gasteiger charge is -2.22. The largest absolute Gasteiger partial charge is 0.379 e. The third kappa shape index (κ3) is 6.33. The summed E-state index contributed by atoms with van der Waals surface area (Å²) in [7, 11) is 0. The van der Waals surface area contributed by atoms with Gasteiger partial charge in [0.15, 0.2) is 0 Å². The van der Waals surface area contributed by atoms with Gasteiger partial charge in [-0.25, -0.2) is 0 Å². The summed E-state index contributed by atoms with van der Waals surface area (Å²) >= 11 is 0. The highest BCUT2D eigenvalue weighted by atomic mass is 16.5. The number of ether oxygens (including phenoxy) is 1. The van der Waals surface area contributed by atoms with E-state index in [0.29, 0.717) is 6.10 Å². The molecule has 0 bridgehead atoms. The van der Waals surface area contributed by atoms with E-state index in [-0.39, 0.29) is 0 Å². The molecule has 0 saturated carbocycles. The first kappa shape index (κ1) is 16.6. The maximum absolute atomic E-state index is 5.64. The average molecular weight is 299 g/mol. The Morgan fingerprint density at radius 3 is 2.68 bits per heavy atom. The number of pyridine rings is 2. The van der Waals surface area contributed by atoms with Gasteiger partial charge < -0.3 is 4.74 Å². The second-order valence-electron chi connectivity index (χ2n) is 5.67. The molecule has 0 aromatic carbocycles. The van der Waals surface area contributed by atoms with E-state index in [4.69, 9.17) is 4.74 Å². The monoisotopic (exact) mass is 299 g/mol. The molecule has 0 aliphatic heterocycles. The van der Waals surface area contributed by atoms with Crippen LogP contribution < -0.4 is 0 Å². The zero-order valence-corrected chi connectivity index (χ0v) is 13.5. The van der Waals surface area contributed by atoms with Crippen LogP contribution in [-0.2, 0) is 17.8 Å². The Labute approximate surface area is 133 Å². The first-order valence-corrected chi connectivity index (χ1v) is 7.87. The van der Waals surface area contributed by atoms with Crippen molar-refractivity contribution in [2.45, 2.75) is 39.5 Å². The van der Waals surface area contributed by atoms with Crippen molar-refractivity contribution in [1.29, 1.82) is 0 Å². The van der Waals surface area contributed by atoms with Crippen LogP contribution in [0.5, 0.6) is 0 Å². The smallest absolute Gasteiger partial charge is 0.0544 e. The van der Waals surface area contributed by atoms with Crippen LogP contribution in [0.15, 0.2) is 48.9 Å². The standard InChI is InChI=1S/C18H25N3O/c1-16(2)22-12-6-11-21(14-17-7-5-9-19-13-17)15-18-8-3-4-10-20-18/h3-5,7-10,13,16H,6,11-12,14-15H2,1-2H3. The van der Waals surface area contributed by atoms with Crippen LogP contribution >= 0.6 is 0 Å². The number of hydrogen-bond donors (Lipinski definition) is 0. The maximum Gasteiger partial charge on any atom is 0.0544 e. The molecular formula is C18H25N3O. The van der Waals surface area contributed by atoms with E-state index in [1.807, 2.05) is 36.8 Å². The molecule has 2 aromatic rings. The minimum absolute atomic E-state index is 0.294. The molecule has 0 spiro atoms. The Hall–Kier alpha value is -1.78.